The minimum absolute atomic E-state index is 0.104. The van der Waals surface area contributed by atoms with E-state index in [9.17, 15) is 14.7 Å². The molecule has 17 heavy (non-hydrogen) atoms. The number of ether oxygens (including phenoxy) is 3. The van der Waals surface area contributed by atoms with Crippen LogP contribution in [0.4, 0.5) is 0 Å². The van der Waals surface area contributed by atoms with Gasteiger partial charge in [0.05, 0.1) is 20.8 Å². The smallest absolute Gasteiger partial charge is 0.384 e. The first-order valence-electron chi connectivity index (χ1n) is 4.81. The molecule has 1 unspecified atom stereocenters. The fourth-order valence-electron chi connectivity index (χ4n) is 1.32. The molecule has 0 bridgehead atoms. The second kappa shape index (κ2) is 4.89. The van der Waals surface area contributed by atoms with Gasteiger partial charge in [-0.2, -0.15) is 0 Å². The number of esters is 1. The second-order valence-electron chi connectivity index (χ2n) is 3.08. The fourth-order valence-corrected chi connectivity index (χ4v) is 1.32. The Morgan fingerprint density at radius 3 is 2.53 bits per heavy atom. The molecule has 0 amide bonds. The third-order valence-electron chi connectivity index (χ3n) is 2.10. The normalized spacial score (nSPS) is 22.2. The molecule has 0 saturated carbocycles. The lowest BCUT2D eigenvalue weighted by atomic mass is 9.83. The Morgan fingerprint density at radius 1 is 1.41 bits per heavy atom. The number of rotatable bonds is 3. The van der Waals surface area contributed by atoms with Gasteiger partial charge >= 0.3 is 5.97 Å². The molecule has 1 aliphatic carbocycles. The average Bonchev–Trinajstić information content (AvgIpc) is 2.32. The van der Waals surface area contributed by atoms with Crippen LogP contribution in [0.25, 0.3) is 0 Å². The van der Waals surface area contributed by atoms with Crippen LogP contribution in [0.5, 0.6) is 0 Å². The Hall–Kier alpha value is -2.00. The summed E-state index contributed by atoms with van der Waals surface area (Å²) in [5.74, 6) is 2.35. The van der Waals surface area contributed by atoms with Crippen molar-refractivity contribution in [3.05, 3.63) is 11.5 Å². The number of carbonyl (C=O) groups is 2. The first-order chi connectivity index (χ1) is 8.01. The standard InChI is InChI=1S/C11H12O6/c1-4-17-7(12)5-6-11(14)9(13)8(15-2)10(11)16-3/h14H,4H2,1-3H3. The summed E-state index contributed by atoms with van der Waals surface area (Å²) >= 11 is 0. The molecular weight excluding hydrogens is 228 g/mol. The van der Waals surface area contributed by atoms with E-state index < -0.39 is 17.4 Å². The Balaban J connectivity index is 2.95. The van der Waals surface area contributed by atoms with Crippen molar-refractivity contribution in [2.24, 2.45) is 0 Å². The van der Waals surface area contributed by atoms with Crippen molar-refractivity contribution in [3.63, 3.8) is 0 Å². The molecule has 0 saturated heterocycles. The molecule has 6 nitrogen and oxygen atoms in total. The Labute approximate surface area is 98.2 Å². The van der Waals surface area contributed by atoms with Crippen molar-refractivity contribution < 1.29 is 28.9 Å². The number of aliphatic hydroxyl groups is 1. The molecule has 1 N–H and O–H groups in total. The van der Waals surface area contributed by atoms with E-state index in [2.05, 4.69) is 10.7 Å². The summed E-state index contributed by atoms with van der Waals surface area (Å²) in [5.41, 5.74) is -2.12. The van der Waals surface area contributed by atoms with E-state index in [4.69, 9.17) is 9.47 Å². The van der Waals surface area contributed by atoms with Gasteiger partial charge in [0.1, 0.15) is 0 Å². The molecule has 1 aliphatic rings. The summed E-state index contributed by atoms with van der Waals surface area (Å²) in [7, 11) is 2.53. The Morgan fingerprint density at radius 2 is 2.06 bits per heavy atom. The molecule has 0 fully saturated rings. The number of hydrogen-bond donors (Lipinski definition) is 1. The van der Waals surface area contributed by atoms with Gasteiger partial charge in [0.15, 0.2) is 5.76 Å². The van der Waals surface area contributed by atoms with Gasteiger partial charge in [-0.25, -0.2) is 4.79 Å². The highest BCUT2D eigenvalue weighted by molar-refractivity contribution is 6.13. The number of hydrogen-bond acceptors (Lipinski definition) is 6. The van der Waals surface area contributed by atoms with Gasteiger partial charge < -0.3 is 19.3 Å². The Bertz CT molecular complexity index is 439. The predicted molar refractivity (Wildman–Crippen MR) is 55.4 cm³/mol. The first kappa shape index (κ1) is 13.1. The van der Waals surface area contributed by atoms with Crippen molar-refractivity contribution >= 4 is 11.8 Å². The van der Waals surface area contributed by atoms with Crippen LogP contribution in [0.1, 0.15) is 6.92 Å². The predicted octanol–water partition coefficient (Wildman–Crippen LogP) is -0.629. The summed E-state index contributed by atoms with van der Waals surface area (Å²) in [6.07, 6.45) is 0. The summed E-state index contributed by atoms with van der Waals surface area (Å²) in [6, 6.07) is 0. The van der Waals surface area contributed by atoms with Crippen molar-refractivity contribution in [3.8, 4) is 11.8 Å². The highest BCUT2D eigenvalue weighted by atomic mass is 16.5. The SMILES string of the molecule is CCOC(=O)C#CC1(O)C(=O)C(OC)=C1OC. The van der Waals surface area contributed by atoms with Gasteiger partial charge in [-0.15, -0.1) is 0 Å². The van der Waals surface area contributed by atoms with Crippen molar-refractivity contribution in [1.29, 1.82) is 0 Å². The molecule has 0 aromatic heterocycles. The average molecular weight is 240 g/mol. The zero-order valence-corrected chi connectivity index (χ0v) is 9.70. The van der Waals surface area contributed by atoms with Gasteiger partial charge in [0.2, 0.25) is 5.76 Å². The van der Waals surface area contributed by atoms with Gasteiger partial charge in [-0.3, -0.25) is 4.79 Å². The summed E-state index contributed by atoms with van der Waals surface area (Å²) in [6.45, 7) is 1.78. The molecule has 0 aromatic rings. The van der Waals surface area contributed by atoms with E-state index >= 15 is 0 Å². The zero-order valence-electron chi connectivity index (χ0n) is 9.70. The maximum Gasteiger partial charge on any atom is 0.384 e. The number of methoxy groups -OCH3 is 2. The van der Waals surface area contributed by atoms with Gasteiger partial charge in [-0.1, -0.05) is 0 Å². The lowest BCUT2D eigenvalue weighted by Crippen LogP contribution is -2.51. The van der Waals surface area contributed by atoms with Crippen LogP contribution in [0.2, 0.25) is 0 Å². The van der Waals surface area contributed by atoms with Crippen LogP contribution < -0.4 is 0 Å². The minimum atomic E-state index is -2.12. The molecule has 1 rings (SSSR count). The van der Waals surface area contributed by atoms with E-state index in [0.717, 1.165) is 0 Å². The van der Waals surface area contributed by atoms with Gasteiger partial charge in [-0.05, 0) is 12.8 Å². The zero-order chi connectivity index (χ0) is 13.1. The molecule has 0 aromatic carbocycles. The quantitative estimate of drug-likeness (QED) is 0.402. The van der Waals surface area contributed by atoms with Gasteiger partial charge in [0.25, 0.3) is 11.4 Å². The second-order valence-corrected chi connectivity index (χ2v) is 3.08. The summed E-state index contributed by atoms with van der Waals surface area (Å²) in [4.78, 5) is 22.5. The van der Waals surface area contributed by atoms with Crippen LogP contribution >= 0.6 is 0 Å². The van der Waals surface area contributed by atoms with E-state index in [0.29, 0.717) is 0 Å². The molecular formula is C11H12O6. The van der Waals surface area contributed by atoms with E-state index in [-0.39, 0.29) is 18.1 Å². The number of ketones is 1. The lowest BCUT2D eigenvalue weighted by Gasteiger charge is -2.32. The van der Waals surface area contributed by atoms with E-state index in [1.54, 1.807) is 6.92 Å². The summed E-state index contributed by atoms with van der Waals surface area (Å²) in [5, 5.41) is 9.86. The first-order valence-corrected chi connectivity index (χ1v) is 4.81. The van der Waals surface area contributed by atoms with Crippen LogP contribution in [0.15, 0.2) is 11.5 Å². The monoisotopic (exact) mass is 240 g/mol. The topological polar surface area (TPSA) is 82.1 Å². The lowest BCUT2D eigenvalue weighted by molar-refractivity contribution is -0.138. The van der Waals surface area contributed by atoms with Crippen molar-refractivity contribution in [1.82, 2.24) is 0 Å². The molecule has 0 spiro atoms. The van der Waals surface area contributed by atoms with Crippen molar-refractivity contribution in [2.45, 2.75) is 12.5 Å². The van der Waals surface area contributed by atoms with Gasteiger partial charge in [0, 0.05) is 5.92 Å². The number of Topliss-reactive ketones (excluding diaryl/α,β-unsaturated/α-hetero) is 1. The molecule has 0 heterocycles. The molecule has 92 valence electrons. The fraction of sp³-hybridized carbons (Fsp3) is 0.455. The van der Waals surface area contributed by atoms with Crippen LogP contribution in [-0.4, -0.2) is 43.3 Å². The third-order valence-corrected chi connectivity index (χ3v) is 2.10. The Kier molecular flexibility index (Phi) is 3.76. The largest absolute Gasteiger partial charge is 0.493 e. The molecule has 0 radical (unpaired) electrons. The number of carbonyl (C=O) groups excluding carboxylic acids is 2. The highest BCUT2D eigenvalue weighted by Gasteiger charge is 2.55. The van der Waals surface area contributed by atoms with Crippen LogP contribution in [0.3, 0.4) is 0 Å². The van der Waals surface area contributed by atoms with Crippen molar-refractivity contribution in [2.75, 3.05) is 20.8 Å². The minimum Gasteiger partial charge on any atom is -0.493 e. The summed E-state index contributed by atoms with van der Waals surface area (Å²) < 4.78 is 14.1. The van der Waals surface area contributed by atoms with Crippen LogP contribution in [-0.2, 0) is 23.8 Å². The maximum atomic E-state index is 11.5. The third kappa shape index (κ3) is 2.10. The van der Waals surface area contributed by atoms with E-state index in [1.165, 1.54) is 14.2 Å². The van der Waals surface area contributed by atoms with E-state index in [1.807, 2.05) is 5.92 Å². The molecule has 6 heteroatoms. The van der Waals surface area contributed by atoms with Crippen LogP contribution in [0, 0.1) is 11.8 Å². The molecule has 0 aliphatic heterocycles. The highest BCUT2D eigenvalue weighted by Crippen LogP contribution is 2.35. The maximum absolute atomic E-state index is 11.5. The molecule has 1 atom stereocenters.